The number of hydrogen-bond acceptors (Lipinski definition) is 7. The average molecular weight is 536 g/mol. The van der Waals surface area contributed by atoms with Crippen molar-refractivity contribution in [2.24, 2.45) is 0 Å². The van der Waals surface area contributed by atoms with Crippen molar-refractivity contribution in [2.75, 3.05) is 13.7 Å². The van der Waals surface area contributed by atoms with Crippen LogP contribution >= 0.6 is 11.3 Å². The number of carbonyl (C=O) groups is 2. The lowest BCUT2D eigenvalue weighted by Crippen LogP contribution is -2.21. The zero-order valence-corrected chi connectivity index (χ0v) is 20.8. The summed E-state index contributed by atoms with van der Waals surface area (Å²) in [5, 5.41) is 12.6. The zero-order chi connectivity index (χ0) is 27.0. The van der Waals surface area contributed by atoms with Crippen molar-refractivity contribution in [3.05, 3.63) is 60.3 Å². The Hall–Kier alpha value is -3.93. The molecule has 2 aromatic heterocycles. The molecule has 0 aliphatic carbocycles. The lowest BCUT2D eigenvalue weighted by atomic mass is 10.1. The minimum atomic E-state index is -5.08. The van der Waals surface area contributed by atoms with E-state index in [1.54, 1.807) is 16.6 Å². The number of aromatic nitrogens is 3. The molecule has 0 atom stereocenters. The van der Waals surface area contributed by atoms with Crippen LogP contribution in [0, 0.1) is 0 Å². The smallest absolute Gasteiger partial charge is 0.490 e. The predicted molar refractivity (Wildman–Crippen MR) is 132 cm³/mol. The second kappa shape index (κ2) is 12.3. The van der Waals surface area contributed by atoms with Crippen molar-refractivity contribution < 1.29 is 37.3 Å². The Morgan fingerprint density at radius 2 is 1.65 bits per heavy atom. The Kier molecular flexibility index (Phi) is 9.23. The number of rotatable bonds is 8. The number of imidazole rings is 1. The standard InChI is InChI=1S/C23H23N3O3S.C2HF3O2/c1-3-4-5-14-29-19-12-10-16(11-13-19)20-15-26-23(24-20)30-21(25-26)17-6-8-18(9-7-17)22(27)28-2;3-2(4,5)1(6)7/h6-13,15H,3-5,14H2,1-2H3;(H,6,7). The van der Waals surface area contributed by atoms with Crippen LogP contribution < -0.4 is 4.74 Å². The Bertz CT molecular complexity index is 1300. The van der Waals surface area contributed by atoms with Crippen molar-refractivity contribution in [3.63, 3.8) is 0 Å². The van der Waals surface area contributed by atoms with Crippen molar-refractivity contribution >= 4 is 28.2 Å². The molecule has 0 saturated carbocycles. The van der Waals surface area contributed by atoms with Gasteiger partial charge in [-0.1, -0.05) is 43.2 Å². The summed E-state index contributed by atoms with van der Waals surface area (Å²) < 4.78 is 44.0. The van der Waals surface area contributed by atoms with Crippen LogP contribution in [-0.4, -0.2) is 51.5 Å². The molecule has 1 N–H and O–H groups in total. The van der Waals surface area contributed by atoms with Gasteiger partial charge in [-0.05, 0) is 42.8 Å². The summed E-state index contributed by atoms with van der Waals surface area (Å²) in [4.78, 5) is 26.0. The number of unbranched alkanes of at least 4 members (excludes halogenated alkanes) is 2. The van der Waals surface area contributed by atoms with Crippen LogP contribution in [0.1, 0.15) is 36.5 Å². The first-order valence-corrected chi connectivity index (χ1v) is 12.0. The topological polar surface area (TPSA) is 103 Å². The van der Waals surface area contributed by atoms with Crippen LogP contribution in [0.2, 0.25) is 0 Å². The maximum Gasteiger partial charge on any atom is 0.490 e. The minimum absolute atomic E-state index is 0.350. The van der Waals surface area contributed by atoms with E-state index in [1.165, 1.54) is 31.3 Å². The second-order valence-corrected chi connectivity index (χ2v) is 8.67. The van der Waals surface area contributed by atoms with E-state index in [0.717, 1.165) is 45.6 Å². The second-order valence-electron chi connectivity index (χ2n) is 7.71. The lowest BCUT2D eigenvalue weighted by Gasteiger charge is -2.06. The van der Waals surface area contributed by atoms with Gasteiger partial charge in [-0.15, -0.1) is 0 Å². The predicted octanol–water partition coefficient (Wildman–Crippen LogP) is 6.11. The molecule has 8 nitrogen and oxygen atoms in total. The number of ether oxygens (including phenoxy) is 2. The highest BCUT2D eigenvalue weighted by atomic mass is 32.1. The van der Waals surface area contributed by atoms with Gasteiger partial charge in [0.25, 0.3) is 0 Å². The molecule has 0 bridgehead atoms. The van der Waals surface area contributed by atoms with Gasteiger partial charge in [0.15, 0.2) is 0 Å². The quantitative estimate of drug-likeness (QED) is 0.214. The first-order chi connectivity index (χ1) is 17.6. The van der Waals surface area contributed by atoms with Gasteiger partial charge in [0.1, 0.15) is 10.8 Å². The number of aliphatic carboxylic acids is 1. The van der Waals surface area contributed by atoms with Gasteiger partial charge in [0.2, 0.25) is 4.96 Å². The van der Waals surface area contributed by atoms with E-state index in [9.17, 15) is 18.0 Å². The summed E-state index contributed by atoms with van der Waals surface area (Å²) in [6.07, 6.45) is 0.298. The number of methoxy groups -OCH3 is 1. The van der Waals surface area contributed by atoms with Crippen molar-refractivity contribution in [3.8, 4) is 27.6 Å². The number of hydrogen-bond donors (Lipinski definition) is 1. The molecule has 0 fully saturated rings. The van der Waals surface area contributed by atoms with E-state index < -0.39 is 12.1 Å². The first kappa shape index (κ1) is 27.7. The molecular weight excluding hydrogens is 511 g/mol. The Morgan fingerprint density at radius 1 is 1.03 bits per heavy atom. The van der Waals surface area contributed by atoms with Crippen LogP contribution in [-0.2, 0) is 9.53 Å². The highest BCUT2D eigenvalue weighted by Crippen LogP contribution is 2.29. The molecular formula is C25H24F3N3O5S. The molecule has 2 heterocycles. The fourth-order valence-corrected chi connectivity index (χ4v) is 3.97. The van der Waals surface area contributed by atoms with Crippen molar-refractivity contribution in [1.82, 2.24) is 14.6 Å². The SMILES string of the molecule is CCCCCOc1ccc(-c2cn3nc(-c4ccc(C(=O)OC)cc4)sc3n2)cc1.O=C(O)C(F)(F)F. The molecule has 37 heavy (non-hydrogen) atoms. The number of carboxylic acid groups (broad SMARTS) is 1. The Balaban J connectivity index is 0.000000479. The lowest BCUT2D eigenvalue weighted by molar-refractivity contribution is -0.192. The van der Waals surface area contributed by atoms with E-state index >= 15 is 0 Å². The summed E-state index contributed by atoms with van der Waals surface area (Å²) >= 11 is 1.50. The first-order valence-electron chi connectivity index (χ1n) is 11.2. The average Bonchev–Trinajstić information content (AvgIpc) is 3.46. The third-order valence-corrected chi connectivity index (χ3v) is 5.98. The maximum absolute atomic E-state index is 11.6. The van der Waals surface area contributed by atoms with Crippen LogP contribution in [0.4, 0.5) is 13.2 Å². The number of halogens is 3. The molecule has 0 unspecified atom stereocenters. The summed E-state index contributed by atoms with van der Waals surface area (Å²) in [5.74, 6) is -2.23. The van der Waals surface area contributed by atoms with Gasteiger partial charge in [0, 0.05) is 11.1 Å². The van der Waals surface area contributed by atoms with E-state index in [2.05, 4.69) is 12.0 Å². The van der Waals surface area contributed by atoms with E-state index in [-0.39, 0.29) is 5.97 Å². The number of fused-ring (bicyclic) bond motifs is 1. The Labute approximate surface area is 214 Å². The molecule has 0 aliphatic heterocycles. The van der Waals surface area contributed by atoms with Crippen LogP contribution in [0.15, 0.2) is 54.7 Å². The third-order valence-electron chi connectivity index (χ3n) is 5.01. The molecule has 4 rings (SSSR count). The van der Waals surface area contributed by atoms with Gasteiger partial charge >= 0.3 is 18.1 Å². The molecule has 0 spiro atoms. The number of esters is 1. The summed E-state index contributed by atoms with van der Waals surface area (Å²) in [7, 11) is 1.37. The minimum Gasteiger partial charge on any atom is -0.494 e. The zero-order valence-electron chi connectivity index (χ0n) is 20.0. The van der Waals surface area contributed by atoms with Gasteiger partial charge in [0.05, 0.1) is 31.2 Å². The van der Waals surface area contributed by atoms with Crippen molar-refractivity contribution in [1.29, 1.82) is 0 Å². The highest BCUT2D eigenvalue weighted by molar-refractivity contribution is 7.19. The molecule has 0 saturated heterocycles. The Morgan fingerprint density at radius 3 is 2.19 bits per heavy atom. The van der Waals surface area contributed by atoms with Gasteiger partial charge in [-0.2, -0.15) is 18.3 Å². The van der Waals surface area contributed by atoms with E-state index in [4.69, 9.17) is 24.4 Å². The number of benzene rings is 2. The summed E-state index contributed by atoms with van der Waals surface area (Å²) in [6.45, 7) is 2.93. The van der Waals surface area contributed by atoms with Gasteiger partial charge in [-0.25, -0.2) is 19.1 Å². The monoisotopic (exact) mass is 535 g/mol. The number of nitrogens with zero attached hydrogens (tertiary/aromatic N) is 3. The van der Waals surface area contributed by atoms with Crippen LogP contribution in [0.3, 0.4) is 0 Å². The van der Waals surface area contributed by atoms with Crippen molar-refractivity contribution in [2.45, 2.75) is 32.4 Å². The molecule has 12 heteroatoms. The van der Waals surface area contributed by atoms with Gasteiger partial charge < -0.3 is 14.6 Å². The van der Waals surface area contributed by atoms with E-state index in [1.807, 2.05) is 42.6 Å². The summed E-state index contributed by atoms with van der Waals surface area (Å²) in [5.41, 5.74) is 3.35. The normalized spacial score (nSPS) is 11.1. The highest BCUT2D eigenvalue weighted by Gasteiger charge is 2.38. The number of carbonyl (C=O) groups excluding carboxylic acids is 1. The van der Waals surface area contributed by atoms with E-state index in [0.29, 0.717) is 5.56 Å². The summed E-state index contributed by atoms with van der Waals surface area (Å²) in [6, 6.07) is 15.2. The van der Waals surface area contributed by atoms with Crippen LogP contribution in [0.5, 0.6) is 5.75 Å². The number of carboxylic acids is 1. The fourth-order valence-electron chi connectivity index (χ4n) is 3.09. The molecule has 196 valence electrons. The molecule has 2 aromatic carbocycles. The number of alkyl halides is 3. The molecule has 0 amide bonds. The maximum atomic E-state index is 11.6. The molecule has 0 aliphatic rings. The third kappa shape index (κ3) is 7.53. The fraction of sp³-hybridized carbons (Fsp3) is 0.280. The molecule has 4 aromatic rings. The molecule has 0 radical (unpaired) electrons. The van der Waals surface area contributed by atoms with Crippen LogP contribution in [0.25, 0.3) is 26.8 Å². The largest absolute Gasteiger partial charge is 0.494 e. The van der Waals surface area contributed by atoms with Gasteiger partial charge in [-0.3, -0.25) is 0 Å².